The van der Waals surface area contributed by atoms with Gasteiger partial charge in [-0.05, 0) is 49.2 Å². The molecule has 0 bridgehead atoms. The lowest BCUT2D eigenvalue weighted by Crippen LogP contribution is -2.51. The smallest absolute Gasteiger partial charge is 0.261 e. The molecule has 27 heavy (non-hydrogen) atoms. The molecule has 0 aromatic heterocycles. The summed E-state index contributed by atoms with van der Waals surface area (Å²) in [4.78, 5) is 12.4. The SMILES string of the molecule is NCC1(NC(=O)c2ccc(S(=O)(=O)Nc3ccccc3F)cc2)CCCC1. The van der Waals surface area contributed by atoms with Crippen LogP contribution in [0.2, 0.25) is 0 Å². The van der Waals surface area contributed by atoms with Crippen LogP contribution in [0.5, 0.6) is 0 Å². The van der Waals surface area contributed by atoms with Crippen LogP contribution < -0.4 is 15.8 Å². The van der Waals surface area contributed by atoms with Gasteiger partial charge in [0, 0.05) is 12.1 Å². The Hall–Kier alpha value is -2.45. The molecular formula is C19H22FN3O3S. The van der Waals surface area contributed by atoms with Gasteiger partial charge in [0.2, 0.25) is 0 Å². The maximum absolute atomic E-state index is 13.7. The Kier molecular flexibility index (Phi) is 5.48. The zero-order valence-corrected chi connectivity index (χ0v) is 15.6. The molecule has 6 nitrogen and oxygen atoms in total. The summed E-state index contributed by atoms with van der Waals surface area (Å²) in [6.07, 6.45) is 3.73. The van der Waals surface area contributed by atoms with Gasteiger partial charge in [0.25, 0.3) is 15.9 Å². The molecule has 1 aliphatic carbocycles. The zero-order valence-electron chi connectivity index (χ0n) is 14.7. The zero-order chi connectivity index (χ0) is 19.5. The van der Waals surface area contributed by atoms with Crippen LogP contribution in [-0.2, 0) is 10.0 Å². The van der Waals surface area contributed by atoms with Crippen LogP contribution in [0.4, 0.5) is 10.1 Å². The van der Waals surface area contributed by atoms with Gasteiger partial charge in [-0.15, -0.1) is 0 Å². The molecule has 2 aromatic rings. The summed E-state index contributed by atoms with van der Waals surface area (Å²) in [5, 5.41) is 2.99. The van der Waals surface area contributed by atoms with E-state index in [1.54, 1.807) is 0 Å². The Bertz CT molecular complexity index is 923. The van der Waals surface area contributed by atoms with E-state index in [9.17, 15) is 17.6 Å². The van der Waals surface area contributed by atoms with E-state index in [2.05, 4.69) is 10.0 Å². The van der Waals surface area contributed by atoms with Crippen molar-refractivity contribution in [2.24, 2.45) is 5.73 Å². The Morgan fingerprint density at radius 1 is 1.07 bits per heavy atom. The van der Waals surface area contributed by atoms with Crippen molar-refractivity contribution in [3.05, 3.63) is 59.9 Å². The Balaban J connectivity index is 1.74. The summed E-state index contributed by atoms with van der Waals surface area (Å²) in [5.41, 5.74) is 5.66. The molecule has 0 unspecified atom stereocenters. The quantitative estimate of drug-likeness (QED) is 0.704. The topological polar surface area (TPSA) is 101 Å². The number of anilines is 1. The average Bonchev–Trinajstić information content (AvgIpc) is 3.12. The number of sulfonamides is 1. The molecule has 1 fully saturated rings. The van der Waals surface area contributed by atoms with Crippen LogP contribution in [0.15, 0.2) is 53.4 Å². The first kappa shape index (κ1) is 19.3. The number of hydrogen-bond acceptors (Lipinski definition) is 4. The van der Waals surface area contributed by atoms with Crippen LogP contribution in [0, 0.1) is 5.82 Å². The van der Waals surface area contributed by atoms with E-state index >= 15 is 0 Å². The Labute approximate surface area is 158 Å². The van der Waals surface area contributed by atoms with Gasteiger partial charge in [-0.25, -0.2) is 12.8 Å². The largest absolute Gasteiger partial charge is 0.345 e. The molecule has 1 aliphatic rings. The number of hydrogen-bond donors (Lipinski definition) is 3. The molecule has 3 rings (SSSR count). The van der Waals surface area contributed by atoms with E-state index in [-0.39, 0.29) is 22.0 Å². The predicted molar refractivity (Wildman–Crippen MR) is 101 cm³/mol. The van der Waals surface area contributed by atoms with E-state index in [0.29, 0.717) is 12.1 Å². The Morgan fingerprint density at radius 3 is 2.30 bits per heavy atom. The molecule has 0 saturated heterocycles. The number of nitrogens with two attached hydrogens (primary N) is 1. The van der Waals surface area contributed by atoms with Gasteiger partial charge in [0.15, 0.2) is 0 Å². The number of halogens is 1. The summed E-state index contributed by atoms with van der Waals surface area (Å²) in [6, 6.07) is 11.0. The van der Waals surface area contributed by atoms with Gasteiger partial charge in [-0.1, -0.05) is 25.0 Å². The second kappa shape index (κ2) is 7.66. The van der Waals surface area contributed by atoms with Crippen molar-refractivity contribution in [3.8, 4) is 0 Å². The summed E-state index contributed by atoms with van der Waals surface area (Å²) in [6.45, 7) is 0.373. The molecule has 1 saturated carbocycles. The number of rotatable bonds is 6. The van der Waals surface area contributed by atoms with Crippen LogP contribution >= 0.6 is 0 Å². The summed E-state index contributed by atoms with van der Waals surface area (Å²) >= 11 is 0. The average molecular weight is 391 g/mol. The second-order valence-corrected chi connectivity index (χ2v) is 8.44. The fourth-order valence-corrected chi connectivity index (χ4v) is 4.35. The summed E-state index contributed by atoms with van der Waals surface area (Å²) < 4.78 is 40.7. The molecule has 144 valence electrons. The second-order valence-electron chi connectivity index (χ2n) is 6.76. The maximum Gasteiger partial charge on any atom is 0.261 e. The number of amides is 1. The molecule has 2 aromatic carbocycles. The maximum atomic E-state index is 13.7. The molecule has 0 aliphatic heterocycles. The molecule has 0 atom stereocenters. The van der Waals surface area contributed by atoms with E-state index in [4.69, 9.17) is 5.73 Å². The highest BCUT2D eigenvalue weighted by Gasteiger charge is 2.34. The summed E-state index contributed by atoms with van der Waals surface area (Å²) in [5.74, 6) is -0.950. The molecule has 8 heteroatoms. The first-order valence-electron chi connectivity index (χ1n) is 8.75. The minimum atomic E-state index is -3.96. The fourth-order valence-electron chi connectivity index (χ4n) is 3.28. The van der Waals surface area contributed by atoms with Crippen LogP contribution in [0.3, 0.4) is 0 Å². The minimum Gasteiger partial charge on any atom is -0.345 e. The lowest BCUT2D eigenvalue weighted by Gasteiger charge is -2.28. The highest BCUT2D eigenvalue weighted by molar-refractivity contribution is 7.92. The first-order valence-corrected chi connectivity index (χ1v) is 10.2. The molecule has 1 amide bonds. The highest BCUT2D eigenvalue weighted by Crippen LogP contribution is 2.29. The van der Waals surface area contributed by atoms with Crippen LogP contribution in [-0.4, -0.2) is 26.4 Å². The van der Waals surface area contributed by atoms with Gasteiger partial charge < -0.3 is 11.1 Å². The van der Waals surface area contributed by atoms with Gasteiger partial charge >= 0.3 is 0 Å². The van der Waals surface area contributed by atoms with E-state index in [0.717, 1.165) is 25.7 Å². The number of nitrogens with one attached hydrogen (secondary N) is 2. The van der Waals surface area contributed by atoms with Gasteiger partial charge in [-0.3, -0.25) is 9.52 Å². The fraction of sp³-hybridized carbons (Fsp3) is 0.316. The van der Waals surface area contributed by atoms with E-state index in [1.807, 2.05) is 0 Å². The third-order valence-corrected chi connectivity index (χ3v) is 6.26. The minimum absolute atomic E-state index is 0.0586. The van der Waals surface area contributed by atoms with Crippen molar-refractivity contribution in [2.45, 2.75) is 36.1 Å². The van der Waals surface area contributed by atoms with Gasteiger partial charge in [0.1, 0.15) is 5.82 Å². The molecule has 0 spiro atoms. The summed E-state index contributed by atoms with van der Waals surface area (Å²) in [7, 11) is -3.96. The molecule has 0 heterocycles. The standard InChI is InChI=1S/C19H22FN3O3S/c20-16-5-1-2-6-17(16)23-27(25,26)15-9-7-14(8-10-15)18(24)22-19(13-21)11-3-4-12-19/h1-2,5-10,23H,3-4,11-13,21H2,(H,22,24). The number of carbonyl (C=O) groups is 1. The van der Waals surface area contributed by atoms with Crippen molar-refractivity contribution < 1.29 is 17.6 Å². The number of para-hydroxylation sites is 1. The van der Waals surface area contributed by atoms with Crippen molar-refractivity contribution in [2.75, 3.05) is 11.3 Å². The third kappa shape index (κ3) is 4.28. The molecule has 0 radical (unpaired) electrons. The predicted octanol–water partition coefficient (Wildman–Crippen LogP) is 2.63. The van der Waals surface area contributed by atoms with Gasteiger partial charge in [0.05, 0.1) is 16.1 Å². The normalized spacial score (nSPS) is 16.1. The molecule has 4 N–H and O–H groups in total. The van der Waals surface area contributed by atoms with Crippen molar-refractivity contribution >= 4 is 21.6 Å². The highest BCUT2D eigenvalue weighted by atomic mass is 32.2. The van der Waals surface area contributed by atoms with Crippen LogP contribution in [0.1, 0.15) is 36.0 Å². The van der Waals surface area contributed by atoms with Crippen LogP contribution in [0.25, 0.3) is 0 Å². The third-order valence-electron chi connectivity index (χ3n) is 4.88. The van der Waals surface area contributed by atoms with Crippen molar-refractivity contribution in [1.29, 1.82) is 0 Å². The van der Waals surface area contributed by atoms with E-state index < -0.39 is 15.8 Å². The lowest BCUT2D eigenvalue weighted by atomic mass is 9.97. The Morgan fingerprint density at radius 2 is 1.70 bits per heavy atom. The van der Waals surface area contributed by atoms with Crippen molar-refractivity contribution in [1.82, 2.24) is 5.32 Å². The van der Waals surface area contributed by atoms with Crippen molar-refractivity contribution in [3.63, 3.8) is 0 Å². The first-order chi connectivity index (χ1) is 12.9. The van der Waals surface area contributed by atoms with E-state index in [1.165, 1.54) is 48.5 Å². The molecular weight excluding hydrogens is 369 g/mol. The number of carbonyl (C=O) groups excluding carboxylic acids is 1. The number of benzene rings is 2. The van der Waals surface area contributed by atoms with Gasteiger partial charge in [-0.2, -0.15) is 0 Å². The lowest BCUT2D eigenvalue weighted by molar-refractivity contribution is 0.0903. The monoisotopic (exact) mass is 391 g/mol.